The van der Waals surface area contributed by atoms with Crippen LogP contribution in [-0.2, 0) is 20.1 Å². The molecule has 5 heteroatoms. The summed E-state index contributed by atoms with van der Waals surface area (Å²) in [5, 5.41) is 0. The van der Waals surface area contributed by atoms with Crippen LogP contribution in [0.4, 0.5) is 17.1 Å². The summed E-state index contributed by atoms with van der Waals surface area (Å²) < 4.78 is 6.08. The summed E-state index contributed by atoms with van der Waals surface area (Å²) >= 11 is 0. The van der Waals surface area contributed by atoms with Gasteiger partial charge in [-0.05, 0) is 60.4 Å². The van der Waals surface area contributed by atoms with Gasteiger partial charge in [-0.25, -0.2) is 0 Å². The van der Waals surface area contributed by atoms with E-state index >= 15 is 0 Å². The van der Waals surface area contributed by atoms with Crippen molar-refractivity contribution in [2.45, 2.75) is 6.92 Å². The number of hydrogen-bond donors (Lipinski definition) is 0. The van der Waals surface area contributed by atoms with E-state index < -0.39 is 0 Å². The molecule has 0 bridgehead atoms. The normalized spacial score (nSPS) is 11.1. The fourth-order valence-electron chi connectivity index (χ4n) is 4.55. The minimum absolute atomic E-state index is 0. The van der Waals surface area contributed by atoms with E-state index in [1.165, 1.54) is 5.56 Å². The van der Waals surface area contributed by atoms with Crippen molar-refractivity contribution in [1.29, 1.82) is 0 Å². The Morgan fingerprint density at radius 3 is 1.98 bits per heavy atom. The summed E-state index contributed by atoms with van der Waals surface area (Å²) in [4.78, 5) is 11.0. The van der Waals surface area contributed by atoms with Crippen molar-refractivity contribution in [1.82, 2.24) is 9.97 Å². The number of fused-ring (bicyclic) bond motifs is 2. The number of para-hydroxylation sites is 4. The first kappa shape index (κ1) is 27.0. The minimum atomic E-state index is 0. The maximum Gasteiger partial charge on any atom is 0.151 e. The topological polar surface area (TPSA) is 38.2 Å². The molecule has 0 saturated carbocycles. The Morgan fingerprint density at radius 2 is 1.30 bits per heavy atom. The van der Waals surface area contributed by atoms with Crippen LogP contribution in [0, 0.1) is 19.1 Å². The number of benzene rings is 4. The number of hydrogen-bond acceptors (Lipinski definition) is 4. The summed E-state index contributed by atoms with van der Waals surface area (Å²) in [5.74, 6) is 1.69. The Labute approximate surface area is 248 Å². The molecule has 4 nitrogen and oxygen atoms in total. The molecule has 0 amide bonds. The first-order valence-electron chi connectivity index (χ1n) is 12.8. The molecule has 0 N–H and O–H groups in total. The van der Waals surface area contributed by atoms with Crippen LogP contribution < -0.4 is 9.64 Å². The number of aryl methyl sites for hydroxylation is 1. The smallest absolute Gasteiger partial charge is 0.151 e. The van der Waals surface area contributed by atoms with Gasteiger partial charge in [0.05, 0.1) is 11.4 Å². The number of aromatic nitrogens is 2. The van der Waals surface area contributed by atoms with Gasteiger partial charge in [0.15, 0.2) is 11.5 Å². The Bertz CT molecular complexity index is 1660. The van der Waals surface area contributed by atoms with Crippen molar-refractivity contribution in [3.8, 4) is 34.0 Å². The van der Waals surface area contributed by atoms with Gasteiger partial charge in [0, 0.05) is 32.5 Å². The molecule has 7 rings (SSSR count). The molecule has 40 heavy (non-hydrogen) atoms. The Kier molecular flexibility index (Phi) is 8.46. The largest absolute Gasteiger partial charge is 0.453 e. The van der Waals surface area contributed by atoms with Crippen LogP contribution in [0.25, 0.3) is 22.5 Å². The van der Waals surface area contributed by atoms with Gasteiger partial charge in [0.25, 0.3) is 0 Å². The van der Waals surface area contributed by atoms with E-state index in [2.05, 4.69) is 64.3 Å². The quantitative estimate of drug-likeness (QED) is 0.173. The standard InChI is InChI=1S/C23H15N2O.C12H10N.Ir/c1-3-13-22-20(11-1)25(21-12-2-4-14-23(21)26-22)18-9-7-8-17(16-18)19-10-5-6-15-24-19;1-10-6-5-9-13-12(10)11-7-3-2-4-8-11;/h1-7,9-16H;2-7,9H,1H3;/q2*-1;. The molecule has 4 aromatic carbocycles. The third-order valence-electron chi connectivity index (χ3n) is 6.39. The van der Waals surface area contributed by atoms with Gasteiger partial charge < -0.3 is 19.6 Å². The molecular formula is C35H25IrN3O-2. The van der Waals surface area contributed by atoms with E-state index in [4.69, 9.17) is 4.74 Å². The first-order valence-corrected chi connectivity index (χ1v) is 12.8. The van der Waals surface area contributed by atoms with Gasteiger partial charge >= 0.3 is 0 Å². The Hall–Kier alpha value is -4.57. The fraction of sp³-hybridized carbons (Fsp3) is 0.0286. The second-order valence-corrected chi connectivity index (χ2v) is 8.99. The second kappa shape index (κ2) is 12.5. The van der Waals surface area contributed by atoms with E-state index in [1.54, 1.807) is 6.20 Å². The zero-order valence-corrected chi connectivity index (χ0v) is 24.2. The number of rotatable bonds is 3. The zero-order chi connectivity index (χ0) is 26.4. The summed E-state index contributed by atoms with van der Waals surface area (Å²) in [5.41, 5.74) is 8.21. The summed E-state index contributed by atoms with van der Waals surface area (Å²) in [6.45, 7) is 2.06. The monoisotopic (exact) mass is 696 g/mol. The Balaban J connectivity index is 0.000000195. The molecule has 6 aromatic rings. The van der Waals surface area contributed by atoms with Crippen LogP contribution in [0.2, 0.25) is 0 Å². The van der Waals surface area contributed by atoms with Crippen molar-refractivity contribution >= 4 is 17.1 Å². The maximum atomic E-state index is 6.08. The van der Waals surface area contributed by atoms with E-state index in [0.717, 1.165) is 51.1 Å². The van der Waals surface area contributed by atoms with E-state index in [1.807, 2.05) is 97.2 Å². The second-order valence-electron chi connectivity index (χ2n) is 8.99. The van der Waals surface area contributed by atoms with Gasteiger partial charge in [-0.1, -0.05) is 48.0 Å². The molecule has 1 aliphatic rings. The molecule has 1 aliphatic heterocycles. The van der Waals surface area contributed by atoms with Crippen LogP contribution in [-0.4, -0.2) is 9.97 Å². The molecule has 0 fully saturated rings. The molecule has 2 aromatic heterocycles. The molecule has 0 saturated heterocycles. The predicted octanol–water partition coefficient (Wildman–Crippen LogP) is 8.98. The van der Waals surface area contributed by atoms with Crippen molar-refractivity contribution in [3.63, 3.8) is 0 Å². The number of pyridine rings is 2. The zero-order valence-electron chi connectivity index (χ0n) is 21.8. The van der Waals surface area contributed by atoms with Gasteiger partial charge in [-0.15, -0.1) is 65.7 Å². The Morgan fingerprint density at radius 1 is 0.625 bits per heavy atom. The molecule has 3 heterocycles. The molecule has 1 radical (unpaired) electrons. The molecule has 0 unspecified atom stereocenters. The SMILES string of the molecule is Cc1cccnc1-c1[c-]cccc1.[Ir].[c-]1ccc(N2c3ccccc3Oc3ccccc32)cc1-c1ccccn1. The van der Waals surface area contributed by atoms with Crippen LogP contribution in [0.15, 0.2) is 134 Å². The maximum absolute atomic E-state index is 6.08. The first-order chi connectivity index (χ1) is 19.3. The van der Waals surface area contributed by atoms with Crippen molar-refractivity contribution in [3.05, 3.63) is 151 Å². The van der Waals surface area contributed by atoms with Crippen LogP contribution in [0.5, 0.6) is 11.5 Å². The van der Waals surface area contributed by atoms with Crippen LogP contribution in [0.3, 0.4) is 0 Å². The third-order valence-corrected chi connectivity index (χ3v) is 6.39. The van der Waals surface area contributed by atoms with Crippen molar-refractivity contribution < 1.29 is 24.8 Å². The third kappa shape index (κ3) is 5.72. The number of nitrogens with zero attached hydrogens (tertiary/aromatic N) is 3. The van der Waals surface area contributed by atoms with Gasteiger partial charge in [0.2, 0.25) is 0 Å². The van der Waals surface area contributed by atoms with E-state index in [9.17, 15) is 0 Å². The predicted molar refractivity (Wildman–Crippen MR) is 157 cm³/mol. The number of ether oxygens (including phenoxy) is 1. The average Bonchev–Trinajstić information content (AvgIpc) is 3.01. The minimum Gasteiger partial charge on any atom is -0.453 e. The fourth-order valence-corrected chi connectivity index (χ4v) is 4.55. The summed E-state index contributed by atoms with van der Waals surface area (Å²) in [6, 6.07) is 46.5. The average molecular weight is 696 g/mol. The molecule has 197 valence electrons. The van der Waals surface area contributed by atoms with Gasteiger partial charge in [-0.3, -0.25) is 0 Å². The number of anilines is 3. The van der Waals surface area contributed by atoms with Gasteiger partial charge in [0.1, 0.15) is 0 Å². The van der Waals surface area contributed by atoms with Crippen molar-refractivity contribution in [2.75, 3.05) is 4.90 Å². The molecule has 0 spiro atoms. The van der Waals surface area contributed by atoms with Crippen LogP contribution in [0.1, 0.15) is 5.56 Å². The summed E-state index contributed by atoms with van der Waals surface area (Å²) in [7, 11) is 0. The van der Waals surface area contributed by atoms with Crippen LogP contribution >= 0.6 is 0 Å². The van der Waals surface area contributed by atoms with Gasteiger partial charge in [-0.2, -0.15) is 0 Å². The van der Waals surface area contributed by atoms with Crippen molar-refractivity contribution in [2.24, 2.45) is 0 Å². The molecule has 0 atom stereocenters. The summed E-state index contributed by atoms with van der Waals surface area (Å²) in [6.07, 6.45) is 3.61. The molecular weight excluding hydrogens is 671 g/mol. The molecule has 0 aliphatic carbocycles. The van der Waals surface area contributed by atoms with E-state index in [0.29, 0.717) is 0 Å². The van der Waals surface area contributed by atoms with E-state index in [-0.39, 0.29) is 20.1 Å².